The Hall–Kier alpha value is -7.36. The van der Waals surface area contributed by atoms with Crippen LogP contribution in [0, 0.1) is 0 Å². The fourth-order valence-corrected chi connectivity index (χ4v) is 8.36. The van der Waals surface area contributed by atoms with Crippen LogP contribution >= 0.6 is 0 Å². The molecule has 9 aromatic carbocycles. The van der Waals surface area contributed by atoms with Crippen molar-refractivity contribution < 1.29 is 4.42 Å². The van der Waals surface area contributed by atoms with E-state index in [0.29, 0.717) is 0 Å². The molecule has 0 atom stereocenters. The zero-order chi connectivity index (χ0) is 36.3. The van der Waals surface area contributed by atoms with E-state index in [2.05, 4.69) is 204 Å². The van der Waals surface area contributed by atoms with Crippen molar-refractivity contribution in [2.24, 2.45) is 0 Å². The lowest BCUT2D eigenvalue weighted by Gasteiger charge is -2.26. The smallest absolute Gasteiger partial charge is 0.137 e. The molecule has 55 heavy (non-hydrogen) atoms. The van der Waals surface area contributed by atoms with Gasteiger partial charge in [-0.25, -0.2) is 0 Å². The van der Waals surface area contributed by atoms with Crippen molar-refractivity contribution in [1.29, 1.82) is 0 Å². The Morgan fingerprint density at radius 1 is 0.345 bits per heavy atom. The van der Waals surface area contributed by atoms with Gasteiger partial charge in [0.2, 0.25) is 0 Å². The minimum Gasteiger partial charge on any atom is -0.456 e. The number of fused-ring (bicyclic) bond motifs is 8. The second kappa shape index (κ2) is 12.6. The van der Waals surface area contributed by atoms with Gasteiger partial charge in [0.05, 0.1) is 11.0 Å². The monoisotopic (exact) mass is 702 g/mol. The highest BCUT2D eigenvalue weighted by atomic mass is 16.3. The predicted octanol–water partition coefficient (Wildman–Crippen LogP) is 14.6. The van der Waals surface area contributed by atoms with Gasteiger partial charge in [-0.1, -0.05) is 133 Å². The first-order chi connectivity index (χ1) is 27.3. The van der Waals surface area contributed by atoms with Gasteiger partial charge in [0.25, 0.3) is 0 Å². The summed E-state index contributed by atoms with van der Waals surface area (Å²) >= 11 is 0. The maximum atomic E-state index is 6.38. The zero-order valence-electron chi connectivity index (χ0n) is 29.9. The fourth-order valence-electron chi connectivity index (χ4n) is 8.36. The molecule has 0 N–H and O–H groups in total. The van der Waals surface area contributed by atoms with Gasteiger partial charge in [-0.15, -0.1) is 0 Å². The van der Waals surface area contributed by atoms with Gasteiger partial charge in [-0.05, 0) is 94.4 Å². The van der Waals surface area contributed by atoms with Crippen LogP contribution in [-0.2, 0) is 0 Å². The third-order valence-corrected chi connectivity index (χ3v) is 11.0. The number of para-hydroxylation sites is 2. The molecule has 2 heterocycles. The standard InChI is InChI=1S/C52H34N2O/c1-3-12-35(13-4-1)38-15-11-18-42(32-38)53(43-28-30-46-45-20-9-10-21-50(45)55-51(46)34-43)41-26-22-36(23-27-41)39-25-31-49-48(33-39)47-29-24-37-14-7-8-19-44(37)52(47)54(49)40-16-5-2-6-17-40/h1-34H. The number of hydrogen-bond acceptors (Lipinski definition) is 2. The molecule has 2 aromatic heterocycles. The lowest BCUT2D eigenvalue weighted by Crippen LogP contribution is -2.10. The van der Waals surface area contributed by atoms with E-state index in [-0.39, 0.29) is 0 Å². The first-order valence-electron chi connectivity index (χ1n) is 18.8. The normalized spacial score (nSPS) is 11.6. The molecule has 0 spiro atoms. The van der Waals surface area contributed by atoms with Crippen LogP contribution in [0.3, 0.4) is 0 Å². The zero-order valence-corrected chi connectivity index (χ0v) is 29.9. The van der Waals surface area contributed by atoms with E-state index in [9.17, 15) is 0 Å². The second-order valence-electron chi connectivity index (χ2n) is 14.2. The summed E-state index contributed by atoms with van der Waals surface area (Å²) in [5, 5.41) is 7.23. The predicted molar refractivity (Wildman–Crippen MR) is 231 cm³/mol. The minimum atomic E-state index is 0.871. The van der Waals surface area contributed by atoms with E-state index >= 15 is 0 Å². The van der Waals surface area contributed by atoms with Crippen molar-refractivity contribution in [3.05, 3.63) is 206 Å². The summed E-state index contributed by atoms with van der Waals surface area (Å²) in [6.45, 7) is 0. The minimum absolute atomic E-state index is 0.871. The third kappa shape index (κ3) is 5.20. The molecule has 3 heteroatoms. The summed E-state index contributed by atoms with van der Waals surface area (Å²) in [4.78, 5) is 2.32. The molecule has 0 aliphatic rings. The Morgan fingerprint density at radius 3 is 1.82 bits per heavy atom. The van der Waals surface area contributed by atoms with E-state index in [1.165, 1.54) is 49.3 Å². The number of aromatic nitrogens is 1. The summed E-state index contributed by atoms with van der Waals surface area (Å²) in [5.41, 5.74) is 13.2. The van der Waals surface area contributed by atoms with Crippen LogP contribution in [0.4, 0.5) is 17.1 Å². The molecular formula is C52H34N2O. The van der Waals surface area contributed by atoms with Gasteiger partial charge in [-0.3, -0.25) is 0 Å². The third-order valence-electron chi connectivity index (χ3n) is 11.0. The van der Waals surface area contributed by atoms with Gasteiger partial charge in [0.15, 0.2) is 0 Å². The molecule has 0 aliphatic heterocycles. The number of nitrogens with zero attached hydrogens (tertiary/aromatic N) is 2. The molecule has 0 bridgehead atoms. The van der Waals surface area contributed by atoms with Crippen LogP contribution < -0.4 is 4.90 Å². The highest BCUT2D eigenvalue weighted by Gasteiger charge is 2.18. The highest BCUT2D eigenvalue weighted by molar-refractivity contribution is 6.19. The van der Waals surface area contributed by atoms with E-state index in [1.807, 2.05) is 12.1 Å². The summed E-state index contributed by atoms with van der Waals surface area (Å²) in [7, 11) is 0. The van der Waals surface area contributed by atoms with Crippen molar-refractivity contribution in [3.63, 3.8) is 0 Å². The fraction of sp³-hybridized carbons (Fsp3) is 0. The molecule has 3 nitrogen and oxygen atoms in total. The molecule has 11 aromatic rings. The Balaban J connectivity index is 1.05. The van der Waals surface area contributed by atoms with Crippen LogP contribution in [-0.4, -0.2) is 4.57 Å². The summed E-state index contributed by atoms with van der Waals surface area (Å²) < 4.78 is 8.79. The Labute approximate surface area is 318 Å². The topological polar surface area (TPSA) is 21.3 Å². The Morgan fingerprint density at radius 2 is 0.964 bits per heavy atom. The average molecular weight is 703 g/mol. The summed E-state index contributed by atoms with van der Waals surface area (Å²) in [5.74, 6) is 0. The largest absolute Gasteiger partial charge is 0.456 e. The number of anilines is 3. The van der Waals surface area contributed by atoms with E-state index in [0.717, 1.165) is 50.3 Å². The van der Waals surface area contributed by atoms with Crippen molar-refractivity contribution in [2.45, 2.75) is 0 Å². The van der Waals surface area contributed by atoms with Gasteiger partial charge in [0, 0.05) is 55.7 Å². The Kier molecular flexibility index (Phi) is 7.17. The van der Waals surface area contributed by atoms with Gasteiger partial charge in [0.1, 0.15) is 11.2 Å². The molecule has 0 saturated heterocycles. The molecule has 0 fully saturated rings. The van der Waals surface area contributed by atoms with Crippen LogP contribution in [0.5, 0.6) is 0 Å². The molecule has 0 unspecified atom stereocenters. The lowest BCUT2D eigenvalue weighted by atomic mass is 10.0. The quantitative estimate of drug-likeness (QED) is 0.172. The summed E-state index contributed by atoms with van der Waals surface area (Å²) in [6.07, 6.45) is 0. The molecular weight excluding hydrogens is 669 g/mol. The molecule has 258 valence electrons. The molecule has 0 amide bonds. The van der Waals surface area contributed by atoms with E-state index in [4.69, 9.17) is 4.42 Å². The van der Waals surface area contributed by atoms with Crippen molar-refractivity contribution in [1.82, 2.24) is 4.57 Å². The average Bonchev–Trinajstić information content (AvgIpc) is 3.80. The van der Waals surface area contributed by atoms with Crippen LogP contribution in [0.2, 0.25) is 0 Å². The SMILES string of the molecule is c1ccc(-c2cccc(N(c3ccc(-c4ccc5c(c4)c4ccc6ccccc6c4n5-c4ccccc4)cc3)c3ccc4c(c3)oc3ccccc34)c2)cc1. The van der Waals surface area contributed by atoms with E-state index in [1.54, 1.807) is 0 Å². The molecule has 0 radical (unpaired) electrons. The van der Waals surface area contributed by atoms with Crippen LogP contribution in [0.15, 0.2) is 211 Å². The Bertz CT molecular complexity index is 3190. The summed E-state index contributed by atoms with van der Waals surface area (Å²) in [6, 6.07) is 73.9. The molecule has 11 rings (SSSR count). The maximum absolute atomic E-state index is 6.38. The number of hydrogen-bond donors (Lipinski definition) is 0. The molecule has 0 aliphatic carbocycles. The maximum Gasteiger partial charge on any atom is 0.137 e. The van der Waals surface area contributed by atoms with Gasteiger partial charge in [-0.2, -0.15) is 0 Å². The first-order valence-corrected chi connectivity index (χ1v) is 18.8. The highest BCUT2D eigenvalue weighted by Crippen LogP contribution is 2.42. The van der Waals surface area contributed by atoms with Crippen molar-refractivity contribution in [2.75, 3.05) is 4.90 Å². The van der Waals surface area contributed by atoms with Gasteiger partial charge >= 0.3 is 0 Å². The first kappa shape index (κ1) is 31.2. The van der Waals surface area contributed by atoms with Gasteiger partial charge < -0.3 is 13.9 Å². The van der Waals surface area contributed by atoms with Crippen LogP contribution in [0.1, 0.15) is 0 Å². The van der Waals surface area contributed by atoms with Crippen molar-refractivity contribution in [3.8, 4) is 27.9 Å². The second-order valence-corrected chi connectivity index (χ2v) is 14.2. The van der Waals surface area contributed by atoms with Crippen LogP contribution in [0.25, 0.3) is 82.5 Å². The van der Waals surface area contributed by atoms with E-state index < -0.39 is 0 Å². The molecule has 0 saturated carbocycles. The number of rotatable bonds is 6. The number of benzene rings is 9. The lowest BCUT2D eigenvalue weighted by molar-refractivity contribution is 0.669. The number of furan rings is 1. The van der Waals surface area contributed by atoms with Crippen molar-refractivity contribution >= 4 is 71.6 Å².